The smallest absolute Gasteiger partial charge is 0.390 e. The number of alkyl halides is 5. The minimum atomic E-state index is -5.92. The number of carbonyl (C=O) groups excluding carboxylic acids is 1. The van der Waals surface area contributed by atoms with Gasteiger partial charge >= 0.3 is 18.3 Å². The van der Waals surface area contributed by atoms with E-state index >= 15 is 0 Å². The van der Waals surface area contributed by atoms with Crippen LogP contribution in [-0.4, -0.2) is 18.3 Å². The van der Waals surface area contributed by atoms with Crippen molar-refractivity contribution in [3.05, 3.63) is 35.9 Å². The highest BCUT2D eigenvalue weighted by Gasteiger charge is 2.62. The van der Waals surface area contributed by atoms with Gasteiger partial charge in [0.1, 0.15) is 0 Å². The van der Waals surface area contributed by atoms with Crippen LogP contribution in [-0.2, 0) is 4.74 Å². The van der Waals surface area contributed by atoms with Crippen LogP contribution in [0.2, 0.25) is 0 Å². The van der Waals surface area contributed by atoms with Crippen molar-refractivity contribution in [3.8, 4) is 0 Å². The Hall–Kier alpha value is -1.66. The summed E-state index contributed by atoms with van der Waals surface area (Å²) in [6, 6.07) is 6.22. The van der Waals surface area contributed by atoms with Gasteiger partial charge in [0.25, 0.3) is 0 Å². The lowest BCUT2D eigenvalue weighted by molar-refractivity contribution is -0.370. The molecule has 0 saturated carbocycles. The Balaban J connectivity index is 2.80. The molecule has 1 rings (SSSR count). The second-order valence-electron chi connectivity index (χ2n) is 2.77. The van der Waals surface area contributed by atoms with Gasteiger partial charge in [-0.25, -0.2) is 4.79 Å². The molecule has 0 bridgehead atoms. The van der Waals surface area contributed by atoms with Crippen molar-refractivity contribution in [2.75, 3.05) is 0 Å². The molecule has 0 amide bonds. The molecule has 0 atom stereocenters. The van der Waals surface area contributed by atoms with Crippen LogP contribution in [0, 0.1) is 0 Å². The van der Waals surface area contributed by atoms with Gasteiger partial charge in [0.2, 0.25) is 0 Å². The fourth-order valence-electron chi connectivity index (χ4n) is 0.807. The Kier molecular flexibility index (Phi) is 3.16. The molecule has 0 aliphatic rings. The molecule has 0 N–H and O–H groups in total. The number of hydrogen-bond donors (Lipinski definition) is 0. The van der Waals surface area contributed by atoms with Crippen molar-refractivity contribution in [3.63, 3.8) is 0 Å². The molecule has 0 aliphatic carbocycles. The third-order valence-corrected chi connectivity index (χ3v) is 1.56. The van der Waals surface area contributed by atoms with Crippen LogP contribution in [0.3, 0.4) is 0 Å². The predicted octanol–water partition coefficient (Wildman–Crippen LogP) is 3.00. The Morgan fingerprint density at radius 1 is 1.00 bits per heavy atom. The lowest BCUT2D eigenvalue weighted by atomic mass is 10.2. The van der Waals surface area contributed by atoms with Crippen molar-refractivity contribution >= 4 is 5.97 Å². The average Bonchev–Trinajstić information content (AvgIpc) is 2.16. The zero-order valence-electron chi connectivity index (χ0n) is 7.59. The molecule has 2 nitrogen and oxygen atoms in total. The maximum atomic E-state index is 12.3. The van der Waals surface area contributed by atoms with E-state index in [-0.39, 0.29) is 5.56 Å². The van der Waals surface area contributed by atoms with Gasteiger partial charge in [-0.1, -0.05) is 18.2 Å². The SMILES string of the molecule is O=C(OC(F)(F)C(F)(F)F)c1ccccc1. The number of benzene rings is 1. The lowest BCUT2D eigenvalue weighted by Gasteiger charge is -2.18. The van der Waals surface area contributed by atoms with Crippen molar-refractivity contribution in [1.29, 1.82) is 0 Å². The Morgan fingerprint density at radius 2 is 1.50 bits per heavy atom. The van der Waals surface area contributed by atoms with Crippen LogP contribution in [0.5, 0.6) is 0 Å². The molecule has 0 spiro atoms. The summed E-state index contributed by atoms with van der Waals surface area (Å²) in [7, 11) is 0. The fourth-order valence-corrected chi connectivity index (χ4v) is 0.807. The summed E-state index contributed by atoms with van der Waals surface area (Å²) >= 11 is 0. The van der Waals surface area contributed by atoms with Crippen LogP contribution in [0.15, 0.2) is 30.3 Å². The highest BCUT2D eigenvalue weighted by Crippen LogP contribution is 2.36. The molecular weight excluding hydrogens is 235 g/mol. The third-order valence-electron chi connectivity index (χ3n) is 1.56. The fraction of sp³-hybridized carbons (Fsp3) is 0.222. The van der Waals surface area contributed by atoms with Crippen molar-refractivity contribution in [2.24, 2.45) is 0 Å². The second kappa shape index (κ2) is 4.07. The summed E-state index contributed by atoms with van der Waals surface area (Å²) < 4.78 is 62.7. The number of carbonyl (C=O) groups is 1. The van der Waals surface area contributed by atoms with Gasteiger partial charge in [-0.2, -0.15) is 22.0 Å². The first kappa shape index (κ1) is 12.4. The van der Waals surface area contributed by atoms with E-state index in [9.17, 15) is 26.7 Å². The summed E-state index contributed by atoms with van der Waals surface area (Å²) in [5.41, 5.74) is -0.383. The van der Waals surface area contributed by atoms with Crippen molar-refractivity contribution < 1.29 is 31.5 Å². The lowest BCUT2D eigenvalue weighted by Crippen LogP contribution is -2.40. The number of rotatable bonds is 2. The maximum absolute atomic E-state index is 12.3. The van der Waals surface area contributed by atoms with E-state index < -0.39 is 18.3 Å². The van der Waals surface area contributed by atoms with Crippen LogP contribution >= 0.6 is 0 Å². The molecule has 16 heavy (non-hydrogen) atoms. The number of hydrogen-bond acceptors (Lipinski definition) is 2. The highest BCUT2D eigenvalue weighted by atomic mass is 19.4. The van der Waals surface area contributed by atoms with Gasteiger partial charge in [0.05, 0.1) is 5.56 Å². The molecule has 0 unspecified atom stereocenters. The first-order valence-corrected chi connectivity index (χ1v) is 3.97. The molecule has 0 aromatic heterocycles. The van der Waals surface area contributed by atoms with Gasteiger partial charge in [-0.3, -0.25) is 0 Å². The summed E-state index contributed by atoms with van der Waals surface area (Å²) in [4.78, 5) is 10.9. The molecular formula is C9H5F5O2. The van der Waals surface area contributed by atoms with E-state index in [1.807, 2.05) is 0 Å². The van der Waals surface area contributed by atoms with E-state index in [1.165, 1.54) is 18.2 Å². The van der Waals surface area contributed by atoms with E-state index in [4.69, 9.17) is 0 Å². The second-order valence-corrected chi connectivity index (χ2v) is 2.77. The summed E-state index contributed by atoms with van der Waals surface area (Å²) in [6.07, 6.45) is -11.4. The third kappa shape index (κ3) is 2.68. The predicted molar refractivity (Wildman–Crippen MR) is 42.9 cm³/mol. The van der Waals surface area contributed by atoms with Crippen LogP contribution < -0.4 is 0 Å². The summed E-state index contributed by atoms with van der Waals surface area (Å²) in [6.45, 7) is 0. The molecule has 1 aromatic carbocycles. The summed E-state index contributed by atoms with van der Waals surface area (Å²) in [5, 5.41) is 0. The largest absolute Gasteiger partial charge is 0.501 e. The van der Waals surface area contributed by atoms with Crippen molar-refractivity contribution in [1.82, 2.24) is 0 Å². The molecule has 88 valence electrons. The minimum absolute atomic E-state index is 0.383. The average molecular weight is 240 g/mol. The van der Waals surface area contributed by atoms with Gasteiger partial charge in [-0.15, -0.1) is 0 Å². The highest BCUT2D eigenvalue weighted by molar-refractivity contribution is 5.89. The Morgan fingerprint density at radius 3 is 1.94 bits per heavy atom. The molecule has 0 saturated heterocycles. The number of halogens is 5. The quantitative estimate of drug-likeness (QED) is 0.586. The van der Waals surface area contributed by atoms with Crippen molar-refractivity contribution in [2.45, 2.75) is 12.3 Å². The zero-order chi connectivity index (χ0) is 12.4. The number of esters is 1. The van der Waals surface area contributed by atoms with Crippen LogP contribution in [0.4, 0.5) is 22.0 Å². The standard InChI is InChI=1S/C9H5F5O2/c10-8(11,12)9(13,14)16-7(15)6-4-2-1-3-5-6/h1-5H. The zero-order valence-corrected chi connectivity index (χ0v) is 7.59. The number of ether oxygens (including phenoxy) is 1. The molecule has 0 heterocycles. The molecule has 0 aliphatic heterocycles. The normalized spacial score (nSPS) is 12.3. The summed E-state index contributed by atoms with van der Waals surface area (Å²) in [5.74, 6) is -1.73. The molecule has 0 fully saturated rings. The van der Waals surface area contributed by atoms with E-state index in [0.29, 0.717) is 0 Å². The molecule has 7 heteroatoms. The van der Waals surface area contributed by atoms with E-state index in [0.717, 1.165) is 12.1 Å². The van der Waals surface area contributed by atoms with Crippen LogP contribution in [0.1, 0.15) is 10.4 Å². The minimum Gasteiger partial charge on any atom is -0.390 e. The van der Waals surface area contributed by atoms with Crippen LogP contribution in [0.25, 0.3) is 0 Å². The van der Waals surface area contributed by atoms with Gasteiger partial charge < -0.3 is 4.74 Å². The first-order valence-electron chi connectivity index (χ1n) is 3.97. The van der Waals surface area contributed by atoms with E-state index in [2.05, 4.69) is 4.74 Å². The molecule has 0 radical (unpaired) electrons. The topological polar surface area (TPSA) is 26.3 Å². The van der Waals surface area contributed by atoms with Gasteiger partial charge in [0, 0.05) is 0 Å². The Bertz CT molecular complexity index is 371. The maximum Gasteiger partial charge on any atom is 0.501 e. The van der Waals surface area contributed by atoms with Gasteiger partial charge in [0.15, 0.2) is 0 Å². The van der Waals surface area contributed by atoms with E-state index in [1.54, 1.807) is 0 Å². The first-order chi connectivity index (χ1) is 7.24. The van der Waals surface area contributed by atoms with Gasteiger partial charge in [-0.05, 0) is 12.1 Å². The Labute approximate surface area is 86.6 Å². The monoisotopic (exact) mass is 240 g/mol. The molecule has 1 aromatic rings.